The van der Waals surface area contributed by atoms with Gasteiger partial charge >= 0.3 is 12.2 Å². The van der Waals surface area contributed by atoms with Crippen LogP contribution in [0.1, 0.15) is 18.4 Å². The van der Waals surface area contributed by atoms with Crippen LogP contribution < -0.4 is 10.6 Å². The SMILES string of the molecule is O=C(Nc1cccc(C(F)(F)F)c1)NC1CCCO1. The minimum atomic E-state index is -4.43. The minimum Gasteiger partial charge on any atom is -0.358 e. The van der Waals surface area contributed by atoms with Crippen molar-refractivity contribution in [2.45, 2.75) is 25.2 Å². The number of hydrogen-bond donors (Lipinski definition) is 2. The summed E-state index contributed by atoms with van der Waals surface area (Å²) in [6, 6.07) is 3.89. The number of hydrogen-bond acceptors (Lipinski definition) is 2. The first kappa shape index (κ1) is 13.7. The molecule has 1 heterocycles. The standard InChI is InChI=1S/C12H13F3N2O2/c13-12(14,15)8-3-1-4-9(7-8)16-11(18)17-10-5-2-6-19-10/h1,3-4,7,10H,2,5-6H2,(H2,16,17,18). The van der Waals surface area contributed by atoms with Gasteiger partial charge in [0.25, 0.3) is 0 Å². The minimum absolute atomic E-state index is 0.0883. The first-order valence-electron chi connectivity index (χ1n) is 5.81. The zero-order valence-electron chi connectivity index (χ0n) is 9.96. The fourth-order valence-corrected chi connectivity index (χ4v) is 1.78. The summed E-state index contributed by atoms with van der Waals surface area (Å²) in [6.07, 6.45) is -3.24. The number of anilines is 1. The Morgan fingerprint density at radius 1 is 1.37 bits per heavy atom. The smallest absolute Gasteiger partial charge is 0.358 e. The van der Waals surface area contributed by atoms with Crippen molar-refractivity contribution in [1.82, 2.24) is 5.32 Å². The van der Waals surface area contributed by atoms with Gasteiger partial charge in [0.15, 0.2) is 0 Å². The Labute approximate surface area is 107 Å². The Morgan fingerprint density at radius 3 is 2.79 bits per heavy atom. The van der Waals surface area contributed by atoms with Crippen LogP contribution in [0.15, 0.2) is 24.3 Å². The normalized spacial score (nSPS) is 19.2. The quantitative estimate of drug-likeness (QED) is 0.871. The van der Waals surface area contributed by atoms with Crippen LogP contribution in [0.25, 0.3) is 0 Å². The van der Waals surface area contributed by atoms with E-state index in [1.807, 2.05) is 0 Å². The Bertz CT molecular complexity index is 457. The molecule has 0 radical (unpaired) electrons. The highest BCUT2D eigenvalue weighted by molar-refractivity contribution is 5.89. The lowest BCUT2D eigenvalue weighted by Gasteiger charge is -2.14. The van der Waals surface area contributed by atoms with Gasteiger partial charge in [-0.15, -0.1) is 0 Å². The second kappa shape index (κ2) is 5.48. The highest BCUT2D eigenvalue weighted by atomic mass is 19.4. The number of halogens is 3. The van der Waals surface area contributed by atoms with E-state index in [9.17, 15) is 18.0 Å². The van der Waals surface area contributed by atoms with Gasteiger partial charge in [-0.1, -0.05) is 6.07 Å². The number of carbonyl (C=O) groups is 1. The fourth-order valence-electron chi connectivity index (χ4n) is 1.78. The molecule has 2 amide bonds. The number of alkyl halides is 3. The number of carbonyl (C=O) groups excluding carboxylic acids is 1. The maximum atomic E-state index is 12.5. The molecule has 1 saturated heterocycles. The molecular formula is C12H13F3N2O2. The highest BCUT2D eigenvalue weighted by Crippen LogP contribution is 2.30. The Kier molecular flexibility index (Phi) is 3.94. The van der Waals surface area contributed by atoms with Crippen molar-refractivity contribution in [2.24, 2.45) is 0 Å². The molecule has 0 aliphatic carbocycles. The Morgan fingerprint density at radius 2 is 2.16 bits per heavy atom. The zero-order valence-corrected chi connectivity index (χ0v) is 9.96. The molecule has 1 aromatic rings. The van der Waals surface area contributed by atoms with Crippen molar-refractivity contribution >= 4 is 11.7 Å². The first-order chi connectivity index (χ1) is 8.95. The molecular weight excluding hydrogens is 261 g/mol. The van der Waals surface area contributed by atoms with E-state index in [1.165, 1.54) is 12.1 Å². The molecule has 1 aromatic carbocycles. The van der Waals surface area contributed by atoms with Gasteiger partial charge in [-0.25, -0.2) is 4.79 Å². The molecule has 19 heavy (non-hydrogen) atoms. The lowest BCUT2D eigenvalue weighted by Crippen LogP contribution is -2.37. The first-order valence-corrected chi connectivity index (χ1v) is 5.81. The third-order valence-electron chi connectivity index (χ3n) is 2.67. The molecule has 0 spiro atoms. The summed E-state index contributed by atoms with van der Waals surface area (Å²) in [5, 5.41) is 4.88. The van der Waals surface area contributed by atoms with Gasteiger partial charge in [-0.05, 0) is 31.0 Å². The molecule has 2 rings (SSSR count). The third-order valence-corrected chi connectivity index (χ3v) is 2.67. The van der Waals surface area contributed by atoms with Crippen molar-refractivity contribution in [3.63, 3.8) is 0 Å². The number of rotatable bonds is 2. The van der Waals surface area contributed by atoms with E-state index >= 15 is 0 Å². The molecule has 104 valence electrons. The second-order valence-electron chi connectivity index (χ2n) is 4.18. The van der Waals surface area contributed by atoms with Crippen LogP contribution in [0.4, 0.5) is 23.7 Å². The van der Waals surface area contributed by atoms with Gasteiger partial charge in [0.05, 0.1) is 5.56 Å². The number of nitrogens with one attached hydrogen (secondary N) is 2. The van der Waals surface area contributed by atoms with E-state index in [2.05, 4.69) is 10.6 Å². The molecule has 1 unspecified atom stereocenters. The van der Waals surface area contributed by atoms with Crippen LogP contribution in [0.2, 0.25) is 0 Å². The number of ether oxygens (including phenoxy) is 1. The van der Waals surface area contributed by atoms with Crippen molar-refractivity contribution in [3.05, 3.63) is 29.8 Å². The van der Waals surface area contributed by atoms with Crippen molar-refractivity contribution in [1.29, 1.82) is 0 Å². The molecule has 1 aliphatic rings. The van der Waals surface area contributed by atoms with Crippen molar-refractivity contribution in [2.75, 3.05) is 11.9 Å². The zero-order chi connectivity index (χ0) is 13.9. The van der Waals surface area contributed by atoms with Gasteiger partial charge in [0.1, 0.15) is 6.23 Å². The Balaban J connectivity index is 1.96. The van der Waals surface area contributed by atoms with Crippen LogP contribution >= 0.6 is 0 Å². The molecule has 1 fully saturated rings. The summed E-state index contributed by atoms with van der Waals surface area (Å²) in [6.45, 7) is 0.578. The van der Waals surface area contributed by atoms with Crippen LogP contribution in [0, 0.1) is 0 Å². The van der Waals surface area contributed by atoms with E-state index < -0.39 is 17.8 Å². The summed E-state index contributed by atoms with van der Waals surface area (Å²) in [7, 11) is 0. The van der Waals surface area contributed by atoms with Gasteiger partial charge in [0, 0.05) is 12.3 Å². The van der Waals surface area contributed by atoms with Gasteiger partial charge < -0.3 is 15.4 Å². The van der Waals surface area contributed by atoms with E-state index in [0.717, 1.165) is 18.6 Å². The average molecular weight is 274 g/mol. The Hall–Kier alpha value is -1.76. The van der Waals surface area contributed by atoms with Gasteiger partial charge in [0.2, 0.25) is 0 Å². The lowest BCUT2D eigenvalue weighted by atomic mass is 10.2. The van der Waals surface area contributed by atoms with Crippen LogP contribution in [0.5, 0.6) is 0 Å². The molecule has 4 nitrogen and oxygen atoms in total. The summed E-state index contributed by atoms with van der Waals surface area (Å²) in [5.74, 6) is 0. The number of amides is 2. The third kappa shape index (κ3) is 3.85. The molecule has 0 saturated carbocycles. The van der Waals surface area contributed by atoms with E-state index in [0.29, 0.717) is 13.0 Å². The van der Waals surface area contributed by atoms with Gasteiger partial charge in [-0.3, -0.25) is 0 Å². The van der Waals surface area contributed by atoms with Crippen molar-refractivity contribution < 1.29 is 22.7 Å². The molecule has 2 N–H and O–H groups in total. The van der Waals surface area contributed by atoms with Gasteiger partial charge in [-0.2, -0.15) is 13.2 Å². The van der Waals surface area contributed by atoms with E-state index in [-0.39, 0.29) is 11.9 Å². The maximum absolute atomic E-state index is 12.5. The van der Waals surface area contributed by atoms with Crippen molar-refractivity contribution in [3.8, 4) is 0 Å². The number of urea groups is 1. The molecule has 1 atom stereocenters. The molecule has 7 heteroatoms. The average Bonchev–Trinajstić information content (AvgIpc) is 2.80. The summed E-state index contributed by atoms with van der Waals surface area (Å²) in [5.41, 5.74) is -0.715. The maximum Gasteiger partial charge on any atom is 0.416 e. The monoisotopic (exact) mass is 274 g/mol. The summed E-state index contributed by atoms with van der Waals surface area (Å²) < 4.78 is 42.6. The van der Waals surface area contributed by atoms with E-state index in [1.54, 1.807) is 0 Å². The number of benzene rings is 1. The van der Waals surface area contributed by atoms with Crippen LogP contribution in [-0.4, -0.2) is 18.9 Å². The fraction of sp³-hybridized carbons (Fsp3) is 0.417. The predicted octanol–water partition coefficient (Wildman–Crippen LogP) is 2.96. The van der Waals surface area contributed by atoms with Crippen LogP contribution in [-0.2, 0) is 10.9 Å². The largest absolute Gasteiger partial charge is 0.416 e. The van der Waals surface area contributed by atoms with Crippen LogP contribution in [0.3, 0.4) is 0 Å². The topological polar surface area (TPSA) is 50.4 Å². The highest BCUT2D eigenvalue weighted by Gasteiger charge is 2.30. The second-order valence-corrected chi connectivity index (χ2v) is 4.18. The lowest BCUT2D eigenvalue weighted by molar-refractivity contribution is -0.137. The molecule has 0 aromatic heterocycles. The predicted molar refractivity (Wildman–Crippen MR) is 62.6 cm³/mol. The molecule has 0 bridgehead atoms. The van der Waals surface area contributed by atoms with E-state index in [4.69, 9.17) is 4.74 Å². The summed E-state index contributed by atoms with van der Waals surface area (Å²) >= 11 is 0. The molecule has 1 aliphatic heterocycles. The summed E-state index contributed by atoms with van der Waals surface area (Å²) in [4.78, 5) is 11.5.